The van der Waals surface area contributed by atoms with Gasteiger partial charge in [0.05, 0.1) is 0 Å². The van der Waals surface area contributed by atoms with Crippen molar-refractivity contribution in [1.29, 1.82) is 0 Å². The lowest BCUT2D eigenvalue weighted by Gasteiger charge is -2.12. The molecule has 0 bridgehead atoms. The zero-order valence-electron chi connectivity index (χ0n) is 11.7. The minimum absolute atomic E-state index is 0.569. The van der Waals surface area contributed by atoms with Gasteiger partial charge in [-0.2, -0.15) is 0 Å². The molecular weight excluding hydrogens is 234 g/mol. The number of hydrogen-bond donors (Lipinski definition) is 1. The molecule has 0 radical (unpaired) electrons. The van der Waals surface area contributed by atoms with E-state index in [4.69, 9.17) is 4.74 Å². The molecule has 1 aliphatic rings. The van der Waals surface area contributed by atoms with Crippen molar-refractivity contribution in [3.8, 4) is 5.75 Å². The molecule has 1 N–H and O–H groups in total. The van der Waals surface area contributed by atoms with Crippen LogP contribution in [0.2, 0.25) is 0 Å². The van der Waals surface area contributed by atoms with E-state index >= 15 is 0 Å². The molecule has 0 unspecified atom stereocenters. The van der Waals surface area contributed by atoms with E-state index in [9.17, 15) is 0 Å². The van der Waals surface area contributed by atoms with E-state index in [1.807, 2.05) is 12.1 Å². The van der Waals surface area contributed by atoms with E-state index in [-0.39, 0.29) is 0 Å². The third-order valence-electron chi connectivity index (χ3n) is 3.85. The molecule has 19 heavy (non-hydrogen) atoms. The van der Waals surface area contributed by atoms with Gasteiger partial charge < -0.3 is 10.1 Å². The van der Waals surface area contributed by atoms with Crippen LogP contribution < -0.4 is 10.1 Å². The van der Waals surface area contributed by atoms with Crippen molar-refractivity contribution in [1.82, 2.24) is 5.32 Å². The molecule has 0 atom stereocenters. The molecule has 0 saturated heterocycles. The van der Waals surface area contributed by atoms with Gasteiger partial charge >= 0.3 is 0 Å². The maximum absolute atomic E-state index is 5.66. The molecule has 2 heteroatoms. The summed E-state index contributed by atoms with van der Waals surface area (Å²) in [5, 5.41) is 3.54. The second-order valence-electron chi connectivity index (χ2n) is 5.32. The summed E-state index contributed by atoms with van der Waals surface area (Å²) in [4.78, 5) is 0. The van der Waals surface area contributed by atoms with Crippen molar-refractivity contribution in [2.24, 2.45) is 5.92 Å². The first-order valence-corrected chi connectivity index (χ1v) is 7.42. The monoisotopic (exact) mass is 259 g/mol. The first kappa shape index (κ1) is 14.1. The van der Waals surface area contributed by atoms with Gasteiger partial charge in [-0.25, -0.2) is 0 Å². The van der Waals surface area contributed by atoms with Crippen LogP contribution in [-0.4, -0.2) is 13.2 Å². The van der Waals surface area contributed by atoms with Gasteiger partial charge in [0, 0.05) is 12.1 Å². The highest BCUT2D eigenvalue weighted by Gasteiger charge is 2.13. The summed E-state index contributed by atoms with van der Waals surface area (Å²) >= 11 is 0. The molecule has 2 nitrogen and oxygen atoms in total. The second-order valence-corrected chi connectivity index (χ2v) is 5.32. The fourth-order valence-electron chi connectivity index (χ4n) is 2.77. The Balaban J connectivity index is 1.73. The van der Waals surface area contributed by atoms with Gasteiger partial charge in [0.25, 0.3) is 0 Å². The third-order valence-corrected chi connectivity index (χ3v) is 3.85. The van der Waals surface area contributed by atoms with E-state index < -0.39 is 0 Å². The number of ether oxygens (including phenoxy) is 1. The Morgan fingerprint density at radius 3 is 2.84 bits per heavy atom. The number of benzene rings is 1. The number of nitrogens with one attached hydrogen (secondary N) is 1. The minimum Gasteiger partial charge on any atom is -0.489 e. The van der Waals surface area contributed by atoms with E-state index in [2.05, 4.69) is 24.0 Å². The van der Waals surface area contributed by atoms with Crippen molar-refractivity contribution in [2.75, 3.05) is 13.2 Å². The van der Waals surface area contributed by atoms with Gasteiger partial charge in [-0.05, 0) is 24.9 Å². The molecule has 1 fully saturated rings. The molecular formula is C17H25NO. The Hall–Kier alpha value is -1.28. The Labute approximate surface area is 116 Å². The molecule has 0 aliphatic heterocycles. The first-order valence-electron chi connectivity index (χ1n) is 7.42. The predicted octanol–water partition coefficient (Wildman–Crippen LogP) is 3.92. The fourth-order valence-corrected chi connectivity index (χ4v) is 2.77. The summed E-state index contributed by atoms with van der Waals surface area (Å²) in [6.07, 6.45) is 8.83. The van der Waals surface area contributed by atoms with Crippen LogP contribution >= 0.6 is 0 Å². The molecule has 1 aromatic rings. The zero-order valence-corrected chi connectivity index (χ0v) is 11.7. The normalized spacial score (nSPS) is 15.6. The lowest BCUT2D eigenvalue weighted by atomic mass is 10.0. The molecule has 0 amide bonds. The maximum Gasteiger partial charge on any atom is 0.124 e. The van der Waals surface area contributed by atoms with Gasteiger partial charge in [-0.1, -0.05) is 56.5 Å². The van der Waals surface area contributed by atoms with Crippen LogP contribution in [0.4, 0.5) is 0 Å². The molecule has 1 aromatic carbocycles. The Morgan fingerprint density at radius 2 is 2.05 bits per heavy atom. The highest BCUT2D eigenvalue weighted by Crippen LogP contribution is 2.27. The van der Waals surface area contributed by atoms with Crippen LogP contribution in [0, 0.1) is 5.92 Å². The molecule has 1 saturated carbocycles. The maximum atomic E-state index is 5.66. The summed E-state index contributed by atoms with van der Waals surface area (Å²) < 4.78 is 5.66. The molecule has 0 heterocycles. The number of hydrogen-bond acceptors (Lipinski definition) is 2. The fraction of sp³-hybridized carbons (Fsp3) is 0.529. The Kier molecular flexibility index (Phi) is 5.96. The van der Waals surface area contributed by atoms with Crippen LogP contribution in [0.1, 0.15) is 37.7 Å². The summed E-state index contributed by atoms with van der Waals surface area (Å²) in [5.74, 6) is 1.93. The second kappa shape index (κ2) is 8.00. The molecule has 1 aliphatic carbocycles. The lowest BCUT2D eigenvalue weighted by Crippen LogP contribution is -2.17. The van der Waals surface area contributed by atoms with Crippen LogP contribution in [0.25, 0.3) is 0 Å². The minimum atomic E-state index is 0.569. The van der Waals surface area contributed by atoms with Crippen LogP contribution in [0.3, 0.4) is 0 Å². The average Bonchev–Trinajstić information content (AvgIpc) is 2.95. The van der Waals surface area contributed by atoms with E-state index in [0.717, 1.165) is 24.8 Å². The molecule has 0 spiro atoms. The van der Waals surface area contributed by atoms with E-state index in [1.165, 1.54) is 37.7 Å². The quantitative estimate of drug-likeness (QED) is 0.564. The molecule has 0 aromatic heterocycles. The number of para-hydroxylation sites is 1. The van der Waals surface area contributed by atoms with Gasteiger partial charge in [-0.3, -0.25) is 0 Å². The lowest BCUT2D eigenvalue weighted by molar-refractivity contribution is 0.357. The Morgan fingerprint density at radius 1 is 1.26 bits per heavy atom. The van der Waals surface area contributed by atoms with Gasteiger partial charge in [0.15, 0.2) is 0 Å². The Bertz CT molecular complexity index is 383. The third kappa shape index (κ3) is 4.71. The van der Waals surface area contributed by atoms with Crippen LogP contribution in [-0.2, 0) is 6.54 Å². The van der Waals surface area contributed by atoms with Crippen molar-refractivity contribution >= 4 is 0 Å². The van der Waals surface area contributed by atoms with Crippen LogP contribution in [0.15, 0.2) is 36.9 Å². The highest BCUT2D eigenvalue weighted by molar-refractivity contribution is 5.33. The summed E-state index contributed by atoms with van der Waals surface area (Å²) in [6.45, 7) is 6.25. The van der Waals surface area contributed by atoms with Crippen molar-refractivity contribution in [2.45, 2.75) is 38.6 Å². The van der Waals surface area contributed by atoms with Crippen molar-refractivity contribution in [3.63, 3.8) is 0 Å². The van der Waals surface area contributed by atoms with E-state index in [0.29, 0.717) is 6.61 Å². The highest BCUT2D eigenvalue weighted by atomic mass is 16.5. The summed E-state index contributed by atoms with van der Waals surface area (Å²) in [6, 6.07) is 8.23. The molecule has 104 valence electrons. The van der Waals surface area contributed by atoms with Crippen molar-refractivity contribution in [3.05, 3.63) is 42.5 Å². The average molecular weight is 259 g/mol. The zero-order chi connectivity index (χ0) is 13.3. The van der Waals surface area contributed by atoms with Gasteiger partial charge in [0.1, 0.15) is 12.4 Å². The van der Waals surface area contributed by atoms with Crippen LogP contribution in [0.5, 0.6) is 5.75 Å². The van der Waals surface area contributed by atoms with Gasteiger partial charge in [-0.15, -0.1) is 0 Å². The summed E-state index contributed by atoms with van der Waals surface area (Å²) in [7, 11) is 0. The van der Waals surface area contributed by atoms with E-state index in [1.54, 1.807) is 6.08 Å². The van der Waals surface area contributed by atoms with Crippen molar-refractivity contribution < 1.29 is 4.74 Å². The topological polar surface area (TPSA) is 21.3 Å². The predicted molar refractivity (Wildman–Crippen MR) is 80.4 cm³/mol. The largest absolute Gasteiger partial charge is 0.489 e. The first-order chi connectivity index (χ1) is 9.40. The SMILES string of the molecule is C=CCOc1ccccc1CNCCC1CCCC1. The summed E-state index contributed by atoms with van der Waals surface area (Å²) in [5.41, 5.74) is 1.23. The number of rotatable bonds is 8. The smallest absolute Gasteiger partial charge is 0.124 e. The van der Waals surface area contributed by atoms with Gasteiger partial charge in [0.2, 0.25) is 0 Å². The molecule has 2 rings (SSSR count). The standard InChI is InChI=1S/C17H25NO/c1-2-13-19-17-10-6-5-9-16(17)14-18-12-11-15-7-3-4-8-15/h2,5-6,9-10,15,18H,1,3-4,7-8,11-14H2.